The van der Waals surface area contributed by atoms with E-state index in [4.69, 9.17) is 0 Å². The van der Waals surface area contributed by atoms with Crippen LogP contribution in [-0.2, 0) is 6.54 Å². The second-order valence-electron chi connectivity index (χ2n) is 7.27. The molecule has 2 N–H and O–H groups in total. The highest BCUT2D eigenvalue weighted by Gasteiger charge is 2.13. The fraction of sp³-hybridized carbons (Fsp3) is 0.750. The second kappa shape index (κ2) is 8.90. The molecule has 6 heteroatoms. The number of nitrogens with zero attached hydrogens (tertiary/aromatic N) is 2. The lowest BCUT2D eigenvalue weighted by Crippen LogP contribution is -2.37. The van der Waals surface area contributed by atoms with Crippen molar-refractivity contribution in [3.8, 4) is 0 Å². The zero-order chi connectivity index (χ0) is 17.4. The van der Waals surface area contributed by atoms with Crippen LogP contribution in [0.4, 0.5) is 5.82 Å². The van der Waals surface area contributed by atoms with Crippen molar-refractivity contribution in [2.75, 3.05) is 13.1 Å². The van der Waals surface area contributed by atoms with Gasteiger partial charge < -0.3 is 20.7 Å². The third kappa shape index (κ3) is 10.3. The first kappa shape index (κ1) is 20.6. The Morgan fingerprint density at radius 2 is 1.68 bits per heavy atom. The summed E-state index contributed by atoms with van der Waals surface area (Å²) in [5.41, 5.74) is 0.344. The molecule has 6 nitrogen and oxygen atoms in total. The molecule has 0 fully saturated rings. The molecule has 0 unspecified atom stereocenters. The highest BCUT2D eigenvalue weighted by Crippen LogP contribution is 2.11. The molecule has 22 heavy (non-hydrogen) atoms. The summed E-state index contributed by atoms with van der Waals surface area (Å²) < 4.78 is 1.64. The minimum atomic E-state index is -0.364. The molecule has 1 heterocycles. The smallest absolute Gasteiger partial charge is 0.323 e. The van der Waals surface area contributed by atoms with Gasteiger partial charge in [-0.1, -0.05) is 6.92 Å². The summed E-state index contributed by atoms with van der Waals surface area (Å²) in [6.07, 6.45) is 1.72. The average Bonchev–Trinajstić information content (AvgIpc) is 2.74. The predicted molar refractivity (Wildman–Crippen MR) is 92.3 cm³/mol. The van der Waals surface area contributed by atoms with Gasteiger partial charge in [-0.2, -0.15) is 0 Å². The van der Waals surface area contributed by atoms with Crippen molar-refractivity contribution in [2.45, 2.75) is 66.1 Å². The van der Waals surface area contributed by atoms with Gasteiger partial charge in [0.25, 0.3) is 0 Å². The van der Waals surface area contributed by atoms with Crippen molar-refractivity contribution in [1.29, 1.82) is 0 Å². The first-order chi connectivity index (χ1) is 9.96. The van der Waals surface area contributed by atoms with Crippen molar-refractivity contribution in [1.82, 2.24) is 15.2 Å². The van der Waals surface area contributed by atoms with Crippen LogP contribution in [0.5, 0.6) is 0 Å². The highest BCUT2D eigenvalue weighted by atomic mass is 16.6. The van der Waals surface area contributed by atoms with Gasteiger partial charge in [0.05, 0.1) is 6.20 Å². The third-order valence-corrected chi connectivity index (χ3v) is 2.71. The number of hydrogen-bond donors (Lipinski definition) is 2. The van der Waals surface area contributed by atoms with E-state index in [2.05, 4.69) is 59.1 Å². The number of rotatable bonds is 5. The van der Waals surface area contributed by atoms with E-state index in [1.807, 2.05) is 0 Å². The highest BCUT2D eigenvalue weighted by molar-refractivity contribution is 5.21. The second-order valence-corrected chi connectivity index (χ2v) is 7.27. The minimum Gasteiger partial charge on any atom is -0.358 e. The Hall–Kier alpha value is -1.40. The van der Waals surface area contributed by atoms with E-state index in [1.165, 1.54) is 6.07 Å². The Bertz CT molecular complexity index is 442. The molecule has 0 amide bonds. The van der Waals surface area contributed by atoms with Crippen LogP contribution in [0.2, 0.25) is 0 Å². The monoisotopic (exact) mass is 312 g/mol. The topological polar surface area (TPSA) is 72.1 Å². The first-order valence-corrected chi connectivity index (χ1v) is 7.76. The quantitative estimate of drug-likeness (QED) is 0.647. The molecule has 0 aliphatic carbocycles. The molecule has 0 aromatic carbocycles. The summed E-state index contributed by atoms with van der Waals surface area (Å²) in [5, 5.41) is 17.2. The summed E-state index contributed by atoms with van der Waals surface area (Å²) >= 11 is 0. The van der Waals surface area contributed by atoms with Gasteiger partial charge in [-0.25, -0.2) is 4.57 Å². The summed E-state index contributed by atoms with van der Waals surface area (Å²) in [6.45, 7) is 17.2. The Morgan fingerprint density at radius 1 is 1.14 bits per heavy atom. The van der Waals surface area contributed by atoms with Crippen LogP contribution in [0, 0.1) is 10.1 Å². The van der Waals surface area contributed by atoms with Crippen molar-refractivity contribution < 1.29 is 4.92 Å². The maximum atomic E-state index is 10.6. The molecule has 0 spiro atoms. The van der Waals surface area contributed by atoms with Gasteiger partial charge in [-0.15, -0.1) is 0 Å². The van der Waals surface area contributed by atoms with E-state index in [-0.39, 0.29) is 16.3 Å². The van der Waals surface area contributed by atoms with Gasteiger partial charge in [-0.05, 0) is 59.1 Å². The minimum absolute atomic E-state index is 0.0436. The van der Waals surface area contributed by atoms with Gasteiger partial charge in [0, 0.05) is 23.7 Å². The molecule has 0 saturated carbocycles. The SMILES string of the molecule is CC(C)(C)NCCn1cccc1[N+](=O)[O-].CCNC(C)(C)C. The standard InChI is InChI=1S/C10H17N3O2.C6H15N/c1-10(2,3)11-6-8-12-7-4-5-9(12)13(14)15;1-5-7-6(2,3)4/h4-5,7,11H,6,8H2,1-3H3;7H,5H2,1-4H3. The third-order valence-electron chi connectivity index (χ3n) is 2.71. The average molecular weight is 312 g/mol. The van der Waals surface area contributed by atoms with Crippen molar-refractivity contribution in [2.24, 2.45) is 0 Å². The predicted octanol–water partition coefficient (Wildman–Crippen LogP) is 3.18. The van der Waals surface area contributed by atoms with Gasteiger partial charge in [0.15, 0.2) is 0 Å². The lowest BCUT2D eigenvalue weighted by atomic mass is 10.1. The molecular formula is C16H32N4O2. The van der Waals surface area contributed by atoms with Gasteiger partial charge >= 0.3 is 5.82 Å². The van der Waals surface area contributed by atoms with E-state index in [0.29, 0.717) is 12.1 Å². The van der Waals surface area contributed by atoms with E-state index in [1.54, 1.807) is 16.8 Å². The number of hydrogen-bond acceptors (Lipinski definition) is 4. The van der Waals surface area contributed by atoms with Gasteiger partial charge in [0.1, 0.15) is 6.54 Å². The molecule has 128 valence electrons. The summed E-state index contributed by atoms with van der Waals surface area (Å²) in [4.78, 5) is 10.2. The lowest BCUT2D eigenvalue weighted by molar-refractivity contribution is -0.392. The van der Waals surface area contributed by atoms with Crippen LogP contribution in [0.15, 0.2) is 18.3 Å². The Morgan fingerprint density at radius 3 is 2.05 bits per heavy atom. The van der Waals surface area contributed by atoms with Crippen LogP contribution < -0.4 is 10.6 Å². The van der Waals surface area contributed by atoms with Crippen LogP contribution in [0.1, 0.15) is 48.5 Å². The maximum absolute atomic E-state index is 10.6. The largest absolute Gasteiger partial charge is 0.358 e. The van der Waals surface area contributed by atoms with Crippen molar-refractivity contribution in [3.05, 3.63) is 28.4 Å². The number of nitro groups is 1. The summed E-state index contributed by atoms with van der Waals surface area (Å²) in [6, 6.07) is 3.20. The van der Waals surface area contributed by atoms with Crippen LogP contribution in [0.25, 0.3) is 0 Å². The van der Waals surface area contributed by atoms with Crippen LogP contribution in [0.3, 0.4) is 0 Å². The van der Waals surface area contributed by atoms with E-state index >= 15 is 0 Å². The summed E-state index contributed by atoms with van der Waals surface area (Å²) in [5.74, 6) is 0.144. The molecular weight excluding hydrogens is 280 g/mol. The maximum Gasteiger partial charge on any atom is 0.323 e. The molecule has 0 atom stereocenters. The van der Waals surface area contributed by atoms with E-state index < -0.39 is 0 Å². The molecule has 1 rings (SSSR count). The van der Waals surface area contributed by atoms with Gasteiger partial charge in [-0.3, -0.25) is 0 Å². The van der Waals surface area contributed by atoms with E-state index in [0.717, 1.165) is 13.1 Å². The molecule has 1 aromatic heterocycles. The Labute approximate surface area is 134 Å². The Balaban J connectivity index is 0.000000534. The fourth-order valence-corrected chi connectivity index (χ4v) is 1.84. The van der Waals surface area contributed by atoms with E-state index in [9.17, 15) is 10.1 Å². The number of aromatic nitrogens is 1. The first-order valence-electron chi connectivity index (χ1n) is 7.76. The summed E-state index contributed by atoms with van der Waals surface area (Å²) in [7, 11) is 0. The molecule has 0 aliphatic rings. The normalized spacial score (nSPS) is 11.8. The fourth-order valence-electron chi connectivity index (χ4n) is 1.84. The molecule has 0 radical (unpaired) electrons. The molecule has 1 aromatic rings. The zero-order valence-corrected chi connectivity index (χ0v) is 15.1. The molecule has 0 bridgehead atoms. The van der Waals surface area contributed by atoms with Crippen molar-refractivity contribution >= 4 is 5.82 Å². The van der Waals surface area contributed by atoms with Crippen LogP contribution in [-0.4, -0.2) is 33.7 Å². The molecule has 0 aliphatic heterocycles. The van der Waals surface area contributed by atoms with Crippen molar-refractivity contribution in [3.63, 3.8) is 0 Å². The lowest BCUT2D eigenvalue weighted by Gasteiger charge is -2.19. The number of nitrogens with one attached hydrogen (secondary N) is 2. The Kier molecular flexibility index (Phi) is 8.34. The molecule has 0 saturated heterocycles. The van der Waals surface area contributed by atoms with Gasteiger partial charge in [0.2, 0.25) is 0 Å². The van der Waals surface area contributed by atoms with Crippen LogP contribution >= 0.6 is 0 Å². The zero-order valence-electron chi connectivity index (χ0n) is 15.1.